The molecule has 0 spiro atoms. The fraction of sp³-hybridized carbons (Fsp3) is 0.0714. The van der Waals surface area contributed by atoms with Gasteiger partial charge in [-0.15, -0.1) is 0 Å². The van der Waals surface area contributed by atoms with Crippen molar-refractivity contribution < 1.29 is 9.21 Å². The minimum atomic E-state index is -0.286. The van der Waals surface area contributed by atoms with E-state index in [0.29, 0.717) is 17.2 Å². The average Bonchev–Trinajstić information content (AvgIpc) is 3.77. The van der Waals surface area contributed by atoms with Gasteiger partial charge in [-0.05, 0) is 64.7 Å². The second kappa shape index (κ2) is 8.86. The molecule has 218 valence electrons. The van der Waals surface area contributed by atoms with E-state index in [-0.39, 0.29) is 11.2 Å². The molecule has 0 N–H and O–H groups in total. The van der Waals surface area contributed by atoms with Crippen molar-refractivity contribution in [1.82, 2.24) is 4.57 Å². The molecule has 0 saturated carbocycles. The third kappa shape index (κ3) is 3.20. The molecule has 10 rings (SSSR count). The first-order valence-corrected chi connectivity index (χ1v) is 15.7. The normalized spacial score (nSPS) is 14.5. The van der Waals surface area contributed by atoms with Gasteiger partial charge in [0.25, 0.3) is 0 Å². The van der Waals surface area contributed by atoms with Gasteiger partial charge in [0, 0.05) is 39.1 Å². The number of carbonyl (C=O) groups is 1. The second-order valence-corrected chi connectivity index (χ2v) is 12.9. The van der Waals surface area contributed by atoms with Gasteiger partial charge in [0.2, 0.25) is 5.88 Å². The van der Waals surface area contributed by atoms with Crippen LogP contribution in [0.5, 0.6) is 0 Å². The molecule has 6 aromatic rings. The fourth-order valence-corrected chi connectivity index (χ4v) is 7.96. The molecule has 4 aliphatic rings. The highest BCUT2D eigenvalue weighted by atomic mass is 16.4. The highest BCUT2D eigenvalue weighted by Crippen LogP contribution is 2.56. The number of carbonyl (C=O) groups excluding carboxylic acids is 1. The number of nitrogens with zero attached hydrogens (tertiary/aromatic N) is 2. The molecule has 3 heterocycles. The molecule has 4 aromatic carbocycles. The SMILES string of the molecule is CC1(C)c2ccccc2N(c2cc3c(o2)-c2cc4cccccc-4c2C3=O)c2cc3c4ccccc4n(-c4ccccc4)c3cc21. The summed E-state index contributed by atoms with van der Waals surface area (Å²) in [5.74, 6) is 1.32. The first-order chi connectivity index (χ1) is 22.5. The lowest BCUT2D eigenvalue weighted by atomic mass is 9.73. The van der Waals surface area contributed by atoms with E-state index in [1.54, 1.807) is 0 Å². The first-order valence-electron chi connectivity index (χ1n) is 15.7. The van der Waals surface area contributed by atoms with Crippen LogP contribution in [0.1, 0.15) is 40.9 Å². The summed E-state index contributed by atoms with van der Waals surface area (Å²) in [7, 11) is 0. The quantitative estimate of drug-likeness (QED) is 0.200. The molecule has 0 saturated heterocycles. The number of hydrogen-bond donors (Lipinski definition) is 0. The van der Waals surface area contributed by atoms with Crippen LogP contribution in [0.2, 0.25) is 0 Å². The van der Waals surface area contributed by atoms with E-state index in [1.165, 1.54) is 27.4 Å². The number of aromatic nitrogens is 1. The van der Waals surface area contributed by atoms with Gasteiger partial charge in [0.05, 0.1) is 28.0 Å². The van der Waals surface area contributed by atoms with Gasteiger partial charge < -0.3 is 8.98 Å². The molecule has 1 aliphatic heterocycles. The lowest BCUT2D eigenvalue weighted by molar-refractivity contribution is 0.104. The van der Waals surface area contributed by atoms with E-state index < -0.39 is 0 Å². The summed E-state index contributed by atoms with van der Waals surface area (Å²) in [6.07, 6.45) is 0. The minimum absolute atomic E-state index is 0.0217. The summed E-state index contributed by atoms with van der Waals surface area (Å²) in [6, 6.07) is 46.5. The lowest BCUT2D eigenvalue weighted by Gasteiger charge is -2.41. The van der Waals surface area contributed by atoms with Crippen LogP contribution in [0.3, 0.4) is 0 Å². The van der Waals surface area contributed by atoms with Crippen LogP contribution in [0.4, 0.5) is 17.3 Å². The Hall–Kier alpha value is -5.87. The van der Waals surface area contributed by atoms with Crippen LogP contribution < -0.4 is 4.90 Å². The first kappa shape index (κ1) is 25.5. The van der Waals surface area contributed by atoms with Crippen molar-refractivity contribution >= 4 is 44.8 Å². The Morgan fingerprint density at radius 1 is 0.587 bits per heavy atom. The largest absolute Gasteiger partial charge is 0.439 e. The number of anilines is 3. The smallest absolute Gasteiger partial charge is 0.205 e. The Kier molecular flexibility index (Phi) is 4.90. The summed E-state index contributed by atoms with van der Waals surface area (Å²) < 4.78 is 9.14. The van der Waals surface area contributed by atoms with Crippen molar-refractivity contribution in [3.63, 3.8) is 0 Å². The van der Waals surface area contributed by atoms with E-state index in [9.17, 15) is 4.79 Å². The zero-order chi connectivity index (χ0) is 30.7. The predicted molar refractivity (Wildman–Crippen MR) is 185 cm³/mol. The van der Waals surface area contributed by atoms with Gasteiger partial charge in [0.1, 0.15) is 5.76 Å². The zero-order valence-electron chi connectivity index (χ0n) is 25.4. The van der Waals surface area contributed by atoms with Gasteiger partial charge in [-0.1, -0.05) is 98.8 Å². The molecule has 4 heteroatoms. The van der Waals surface area contributed by atoms with Crippen molar-refractivity contribution in [2.45, 2.75) is 19.3 Å². The summed E-state index contributed by atoms with van der Waals surface area (Å²) in [5.41, 5.74) is 12.0. The summed E-state index contributed by atoms with van der Waals surface area (Å²) in [6.45, 7) is 4.60. The van der Waals surface area contributed by atoms with E-state index in [4.69, 9.17) is 4.42 Å². The maximum Gasteiger partial charge on any atom is 0.205 e. The number of ketones is 1. The summed E-state index contributed by atoms with van der Waals surface area (Å²) in [5, 5.41) is 2.37. The van der Waals surface area contributed by atoms with Crippen LogP contribution in [-0.4, -0.2) is 10.4 Å². The zero-order valence-corrected chi connectivity index (χ0v) is 25.4. The fourth-order valence-electron chi connectivity index (χ4n) is 7.96. The number of para-hydroxylation sites is 3. The van der Waals surface area contributed by atoms with Gasteiger partial charge in [-0.2, -0.15) is 0 Å². The van der Waals surface area contributed by atoms with E-state index in [0.717, 1.165) is 44.8 Å². The molecular formula is C42H28N2O2. The van der Waals surface area contributed by atoms with Gasteiger partial charge in [-0.25, -0.2) is 0 Å². The highest BCUT2D eigenvalue weighted by Gasteiger charge is 2.41. The van der Waals surface area contributed by atoms with Crippen molar-refractivity contribution in [3.8, 4) is 28.1 Å². The number of rotatable bonds is 2. The predicted octanol–water partition coefficient (Wildman–Crippen LogP) is 10.8. The highest BCUT2D eigenvalue weighted by molar-refractivity contribution is 6.25. The van der Waals surface area contributed by atoms with Crippen molar-refractivity contribution in [1.29, 1.82) is 0 Å². The topological polar surface area (TPSA) is 38.4 Å². The maximum absolute atomic E-state index is 13.9. The summed E-state index contributed by atoms with van der Waals surface area (Å²) in [4.78, 5) is 16.2. The molecule has 0 bridgehead atoms. The van der Waals surface area contributed by atoms with Gasteiger partial charge in [-0.3, -0.25) is 9.69 Å². The molecule has 4 nitrogen and oxygen atoms in total. The van der Waals surface area contributed by atoms with Crippen LogP contribution in [0.25, 0.3) is 49.9 Å². The Morgan fingerprint density at radius 3 is 2.20 bits per heavy atom. The second-order valence-electron chi connectivity index (χ2n) is 12.9. The third-order valence-electron chi connectivity index (χ3n) is 10.1. The van der Waals surface area contributed by atoms with Crippen LogP contribution in [0, 0.1) is 0 Å². The Bertz CT molecular complexity index is 2530. The number of fused-ring (bicyclic) bond motifs is 10. The molecule has 46 heavy (non-hydrogen) atoms. The van der Waals surface area contributed by atoms with Gasteiger partial charge in [0.15, 0.2) is 5.78 Å². The molecule has 0 radical (unpaired) electrons. The number of furan rings is 1. The molecule has 3 aliphatic carbocycles. The van der Waals surface area contributed by atoms with Crippen molar-refractivity contribution in [2.75, 3.05) is 4.90 Å². The Morgan fingerprint density at radius 2 is 1.33 bits per heavy atom. The summed E-state index contributed by atoms with van der Waals surface area (Å²) >= 11 is 0. The van der Waals surface area contributed by atoms with Crippen molar-refractivity contribution in [3.05, 3.63) is 156 Å². The van der Waals surface area contributed by atoms with Crippen LogP contribution >= 0.6 is 0 Å². The lowest BCUT2D eigenvalue weighted by Crippen LogP contribution is -2.30. The van der Waals surface area contributed by atoms with Crippen LogP contribution in [-0.2, 0) is 5.41 Å². The van der Waals surface area contributed by atoms with E-state index in [2.05, 4.69) is 126 Å². The minimum Gasteiger partial charge on any atom is -0.439 e. The maximum atomic E-state index is 13.9. The molecule has 0 unspecified atom stereocenters. The molecular weight excluding hydrogens is 564 g/mol. The molecule has 2 aromatic heterocycles. The number of hydrogen-bond acceptors (Lipinski definition) is 3. The Balaban J connectivity index is 1.25. The van der Waals surface area contributed by atoms with E-state index >= 15 is 0 Å². The molecule has 0 amide bonds. The Labute approximate surface area is 266 Å². The monoisotopic (exact) mass is 592 g/mol. The molecule has 0 atom stereocenters. The molecule has 0 fully saturated rings. The standard InChI is InChI=1S/C42H28N2O2/c1-42(2)32-18-10-12-20-35(32)44(38-23-31-40(45)39-27-16-8-3-5-13-25(27)21-30(39)41(31)46-38)37-22-29-28-17-9-11-19-34(28)43(36(29)24-33(37)42)26-14-6-4-7-15-26/h3-24H,1-2H3. The average molecular weight is 593 g/mol. The number of benzene rings is 4. The third-order valence-corrected chi connectivity index (χ3v) is 10.1. The van der Waals surface area contributed by atoms with E-state index in [1.807, 2.05) is 30.3 Å². The van der Waals surface area contributed by atoms with Crippen molar-refractivity contribution in [2.24, 2.45) is 0 Å². The van der Waals surface area contributed by atoms with Gasteiger partial charge >= 0.3 is 0 Å². The van der Waals surface area contributed by atoms with Crippen LogP contribution in [0.15, 0.2) is 138 Å².